The maximum absolute atomic E-state index is 12.9. The first kappa shape index (κ1) is 24.5. The van der Waals surface area contributed by atoms with Crippen LogP contribution in [-0.4, -0.2) is 34.2 Å². The molecule has 0 aliphatic heterocycles. The molecule has 36 heavy (non-hydrogen) atoms. The quantitative estimate of drug-likeness (QED) is 0.174. The summed E-state index contributed by atoms with van der Waals surface area (Å²) in [5.74, 6) is 0.149. The highest BCUT2D eigenvalue weighted by molar-refractivity contribution is 7.99. The maximum atomic E-state index is 12.9. The Morgan fingerprint density at radius 3 is 2.83 bits per heavy atom. The molecule has 5 rings (SSSR count). The Hall–Kier alpha value is -3.23. The number of amides is 1. The summed E-state index contributed by atoms with van der Waals surface area (Å²) in [5.41, 5.74) is 3.37. The number of hydrogen-bond donors (Lipinski definition) is 1. The number of ether oxygens (including phenoxy) is 1. The van der Waals surface area contributed by atoms with Gasteiger partial charge in [-0.1, -0.05) is 55.1 Å². The molecule has 1 aliphatic rings. The van der Waals surface area contributed by atoms with Crippen LogP contribution in [0.2, 0.25) is 0 Å². The molecule has 0 radical (unpaired) electrons. The van der Waals surface area contributed by atoms with Gasteiger partial charge in [0.15, 0.2) is 5.16 Å². The van der Waals surface area contributed by atoms with E-state index in [0.29, 0.717) is 28.2 Å². The molecule has 1 unspecified atom stereocenters. The lowest BCUT2D eigenvalue weighted by molar-refractivity contribution is -0.113. The minimum atomic E-state index is -0.362. The van der Waals surface area contributed by atoms with Gasteiger partial charge in [-0.05, 0) is 60.6 Å². The van der Waals surface area contributed by atoms with Crippen molar-refractivity contribution in [3.8, 4) is 11.3 Å². The number of nitrogens with zero attached hydrogens (tertiary/aromatic N) is 2. The molecule has 2 heterocycles. The SMILES string of the molecule is CCOC(=O)c1c(NC(=O)CSc2nccc(-c3ccc4ccccc4c3)n2)sc2c1CCC(C)C2. The Morgan fingerprint density at radius 1 is 1.17 bits per heavy atom. The average Bonchev–Trinajstić information content (AvgIpc) is 3.24. The zero-order chi connectivity index (χ0) is 25.1. The molecule has 1 amide bonds. The van der Waals surface area contributed by atoms with Crippen LogP contribution in [0, 0.1) is 5.92 Å². The van der Waals surface area contributed by atoms with Gasteiger partial charge in [-0.25, -0.2) is 14.8 Å². The summed E-state index contributed by atoms with van der Waals surface area (Å²) in [6, 6.07) is 16.3. The van der Waals surface area contributed by atoms with Crippen molar-refractivity contribution >= 4 is 50.7 Å². The predicted molar refractivity (Wildman–Crippen MR) is 146 cm³/mol. The molecule has 1 N–H and O–H groups in total. The predicted octanol–water partition coefficient (Wildman–Crippen LogP) is 6.39. The summed E-state index contributed by atoms with van der Waals surface area (Å²) >= 11 is 2.77. The van der Waals surface area contributed by atoms with Crippen molar-refractivity contribution < 1.29 is 14.3 Å². The average molecular weight is 518 g/mol. The number of thiophene rings is 1. The van der Waals surface area contributed by atoms with Gasteiger partial charge >= 0.3 is 5.97 Å². The van der Waals surface area contributed by atoms with Gasteiger partial charge in [0.05, 0.1) is 23.6 Å². The number of nitrogens with one attached hydrogen (secondary N) is 1. The summed E-state index contributed by atoms with van der Waals surface area (Å²) in [7, 11) is 0. The van der Waals surface area contributed by atoms with Crippen molar-refractivity contribution in [2.75, 3.05) is 17.7 Å². The molecule has 184 valence electrons. The van der Waals surface area contributed by atoms with Crippen LogP contribution in [-0.2, 0) is 22.4 Å². The fourth-order valence-electron chi connectivity index (χ4n) is 4.47. The molecule has 0 spiro atoms. The van der Waals surface area contributed by atoms with Crippen molar-refractivity contribution in [3.05, 3.63) is 70.7 Å². The Labute approximate surface area is 218 Å². The Balaban J connectivity index is 1.29. The van der Waals surface area contributed by atoms with Crippen LogP contribution in [0.1, 0.15) is 41.1 Å². The van der Waals surface area contributed by atoms with Gasteiger partial charge in [0.25, 0.3) is 0 Å². The standard InChI is InChI=1S/C28H27N3O3S2/c1-3-34-27(33)25-21-11-8-17(2)14-23(21)36-26(25)31-24(32)16-35-28-29-13-12-22(30-28)20-10-9-18-6-4-5-7-19(18)15-20/h4-7,9-10,12-13,15,17H,3,8,11,14,16H2,1-2H3,(H,31,32). The van der Waals surface area contributed by atoms with Crippen LogP contribution < -0.4 is 5.32 Å². The number of fused-ring (bicyclic) bond motifs is 2. The summed E-state index contributed by atoms with van der Waals surface area (Å²) in [6.07, 6.45) is 4.50. The number of esters is 1. The van der Waals surface area contributed by atoms with E-state index in [2.05, 4.69) is 46.5 Å². The fourth-order valence-corrected chi connectivity index (χ4v) is 6.52. The molecular formula is C28H27N3O3S2. The number of benzene rings is 2. The normalized spacial score (nSPS) is 14.9. The molecule has 0 bridgehead atoms. The number of thioether (sulfide) groups is 1. The van der Waals surface area contributed by atoms with E-state index >= 15 is 0 Å². The molecular weight excluding hydrogens is 490 g/mol. The summed E-state index contributed by atoms with van der Waals surface area (Å²) in [6.45, 7) is 4.31. The number of aromatic nitrogens is 2. The second-order valence-corrected chi connectivity index (χ2v) is 10.9. The number of carbonyl (C=O) groups excluding carboxylic acids is 2. The smallest absolute Gasteiger partial charge is 0.341 e. The number of anilines is 1. The molecule has 0 saturated carbocycles. The van der Waals surface area contributed by atoms with E-state index in [0.717, 1.165) is 41.5 Å². The van der Waals surface area contributed by atoms with Crippen LogP contribution >= 0.6 is 23.1 Å². The third kappa shape index (κ3) is 5.29. The van der Waals surface area contributed by atoms with Gasteiger partial charge < -0.3 is 10.1 Å². The van der Waals surface area contributed by atoms with Gasteiger partial charge in [-0.2, -0.15) is 0 Å². The first-order valence-corrected chi connectivity index (χ1v) is 13.9. The molecule has 2 aromatic carbocycles. The Kier molecular flexibility index (Phi) is 7.34. The third-order valence-electron chi connectivity index (χ3n) is 6.26. The van der Waals surface area contributed by atoms with Crippen LogP contribution in [0.15, 0.2) is 59.9 Å². The van der Waals surface area contributed by atoms with Crippen LogP contribution in [0.4, 0.5) is 5.00 Å². The molecule has 1 atom stereocenters. The molecule has 0 fully saturated rings. The summed E-state index contributed by atoms with van der Waals surface area (Å²) in [5, 5.41) is 6.40. The minimum Gasteiger partial charge on any atom is -0.462 e. The van der Waals surface area contributed by atoms with E-state index < -0.39 is 0 Å². The monoisotopic (exact) mass is 517 g/mol. The van der Waals surface area contributed by atoms with E-state index in [-0.39, 0.29) is 17.6 Å². The minimum absolute atomic E-state index is 0.141. The highest BCUT2D eigenvalue weighted by Gasteiger charge is 2.29. The largest absolute Gasteiger partial charge is 0.462 e. The Morgan fingerprint density at radius 2 is 2.00 bits per heavy atom. The second kappa shape index (κ2) is 10.8. The van der Waals surface area contributed by atoms with Crippen LogP contribution in [0.5, 0.6) is 0 Å². The molecule has 2 aromatic heterocycles. The van der Waals surface area contributed by atoms with Gasteiger partial charge in [0, 0.05) is 16.6 Å². The molecule has 1 aliphatic carbocycles. The zero-order valence-electron chi connectivity index (χ0n) is 20.2. The molecule has 8 heteroatoms. The summed E-state index contributed by atoms with van der Waals surface area (Å²) < 4.78 is 5.30. The van der Waals surface area contributed by atoms with Crippen molar-refractivity contribution in [1.29, 1.82) is 0 Å². The van der Waals surface area contributed by atoms with E-state index in [9.17, 15) is 9.59 Å². The van der Waals surface area contributed by atoms with Gasteiger partial charge in [-0.3, -0.25) is 4.79 Å². The van der Waals surface area contributed by atoms with E-state index in [1.165, 1.54) is 33.4 Å². The fraction of sp³-hybridized carbons (Fsp3) is 0.286. The lowest BCUT2D eigenvalue weighted by Crippen LogP contribution is -2.17. The van der Waals surface area contributed by atoms with Crippen LogP contribution in [0.3, 0.4) is 0 Å². The molecule has 6 nitrogen and oxygen atoms in total. The lowest BCUT2D eigenvalue weighted by atomic mass is 9.88. The van der Waals surface area contributed by atoms with E-state index in [1.807, 2.05) is 24.3 Å². The van der Waals surface area contributed by atoms with E-state index in [1.54, 1.807) is 13.1 Å². The van der Waals surface area contributed by atoms with Crippen molar-refractivity contribution in [3.63, 3.8) is 0 Å². The Bertz CT molecular complexity index is 1430. The topological polar surface area (TPSA) is 81.2 Å². The van der Waals surface area contributed by atoms with Crippen molar-refractivity contribution in [2.24, 2.45) is 5.92 Å². The maximum Gasteiger partial charge on any atom is 0.341 e. The summed E-state index contributed by atoms with van der Waals surface area (Å²) in [4.78, 5) is 35.7. The second-order valence-electron chi connectivity index (χ2n) is 8.90. The van der Waals surface area contributed by atoms with Gasteiger partial charge in [0.2, 0.25) is 5.91 Å². The van der Waals surface area contributed by atoms with Gasteiger partial charge in [0.1, 0.15) is 5.00 Å². The first-order chi connectivity index (χ1) is 17.5. The van der Waals surface area contributed by atoms with Crippen molar-refractivity contribution in [1.82, 2.24) is 9.97 Å². The number of hydrogen-bond acceptors (Lipinski definition) is 7. The molecule has 0 saturated heterocycles. The number of carbonyl (C=O) groups is 2. The van der Waals surface area contributed by atoms with Crippen molar-refractivity contribution in [2.45, 2.75) is 38.3 Å². The lowest BCUT2D eigenvalue weighted by Gasteiger charge is -2.18. The molecule has 4 aromatic rings. The van der Waals surface area contributed by atoms with Crippen LogP contribution in [0.25, 0.3) is 22.0 Å². The third-order valence-corrected chi connectivity index (χ3v) is 8.29. The first-order valence-electron chi connectivity index (χ1n) is 12.1. The van der Waals surface area contributed by atoms with E-state index in [4.69, 9.17) is 4.74 Å². The number of rotatable bonds is 7. The zero-order valence-corrected chi connectivity index (χ0v) is 21.9. The van der Waals surface area contributed by atoms with Gasteiger partial charge in [-0.15, -0.1) is 11.3 Å². The highest BCUT2D eigenvalue weighted by Crippen LogP contribution is 2.40. The highest BCUT2D eigenvalue weighted by atomic mass is 32.2.